The Kier molecular flexibility index (Phi) is 5.26. The number of amides is 1. The maximum absolute atomic E-state index is 13.6. The van der Waals surface area contributed by atoms with Crippen LogP contribution in [0.1, 0.15) is 16.1 Å². The standard InChI is InChI=1S/C19H15ClFN3O/c20-14-5-7-15(8-6-14)24-19(25)18-11-16(9-10-22-18)23-12-13-3-1-2-4-17(13)21/h1-11H,12H2,(H,22,23)(H,24,25). The van der Waals surface area contributed by atoms with Crippen LogP contribution in [0.2, 0.25) is 5.02 Å². The van der Waals surface area contributed by atoms with Gasteiger partial charge in [0, 0.05) is 34.7 Å². The number of nitrogens with zero attached hydrogens (tertiary/aromatic N) is 1. The summed E-state index contributed by atoms with van der Waals surface area (Å²) in [4.78, 5) is 16.4. The first-order valence-electron chi connectivity index (χ1n) is 7.62. The third-order valence-corrected chi connectivity index (χ3v) is 3.79. The Labute approximate surface area is 149 Å². The van der Waals surface area contributed by atoms with Gasteiger partial charge in [-0.25, -0.2) is 4.39 Å². The molecule has 1 amide bonds. The fourth-order valence-electron chi connectivity index (χ4n) is 2.23. The number of benzene rings is 2. The molecule has 0 aliphatic carbocycles. The first-order valence-corrected chi connectivity index (χ1v) is 8.00. The van der Waals surface area contributed by atoms with Crippen LogP contribution in [0.5, 0.6) is 0 Å². The summed E-state index contributed by atoms with van der Waals surface area (Å²) in [5, 5.41) is 6.43. The van der Waals surface area contributed by atoms with E-state index in [1.54, 1.807) is 54.6 Å². The summed E-state index contributed by atoms with van der Waals surface area (Å²) in [6.07, 6.45) is 1.53. The van der Waals surface area contributed by atoms with Gasteiger partial charge in [-0.3, -0.25) is 9.78 Å². The molecule has 6 heteroatoms. The quantitative estimate of drug-likeness (QED) is 0.695. The van der Waals surface area contributed by atoms with E-state index in [9.17, 15) is 9.18 Å². The van der Waals surface area contributed by atoms with Crippen molar-refractivity contribution < 1.29 is 9.18 Å². The average molecular weight is 356 g/mol. The van der Waals surface area contributed by atoms with Crippen LogP contribution in [0.15, 0.2) is 66.9 Å². The molecule has 25 heavy (non-hydrogen) atoms. The Bertz CT molecular complexity index is 884. The van der Waals surface area contributed by atoms with Gasteiger partial charge in [0.2, 0.25) is 0 Å². The zero-order chi connectivity index (χ0) is 17.6. The molecule has 4 nitrogen and oxygen atoms in total. The number of aromatic nitrogens is 1. The molecule has 0 aliphatic rings. The minimum atomic E-state index is -0.336. The van der Waals surface area contributed by atoms with E-state index >= 15 is 0 Å². The van der Waals surface area contributed by atoms with Gasteiger partial charge in [0.15, 0.2) is 0 Å². The van der Waals surface area contributed by atoms with Crippen molar-refractivity contribution >= 4 is 28.9 Å². The minimum absolute atomic E-state index is 0.258. The Morgan fingerprint density at radius 2 is 1.80 bits per heavy atom. The van der Waals surface area contributed by atoms with Crippen LogP contribution in [0, 0.1) is 5.82 Å². The van der Waals surface area contributed by atoms with Gasteiger partial charge < -0.3 is 10.6 Å². The van der Waals surface area contributed by atoms with Crippen molar-refractivity contribution in [2.75, 3.05) is 10.6 Å². The number of pyridine rings is 1. The van der Waals surface area contributed by atoms with E-state index in [1.807, 2.05) is 0 Å². The van der Waals surface area contributed by atoms with Crippen LogP contribution < -0.4 is 10.6 Å². The van der Waals surface area contributed by atoms with Gasteiger partial charge in [-0.1, -0.05) is 29.8 Å². The number of carbonyl (C=O) groups is 1. The van der Waals surface area contributed by atoms with E-state index in [4.69, 9.17) is 11.6 Å². The van der Waals surface area contributed by atoms with E-state index in [0.29, 0.717) is 28.5 Å². The third-order valence-electron chi connectivity index (χ3n) is 3.54. The second-order valence-corrected chi connectivity index (χ2v) is 5.77. The monoisotopic (exact) mass is 355 g/mol. The van der Waals surface area contributed by atoms with E-state index in [-0.39, 0.29) is 17.4 Å². The highest BCUT2D eigenvalue weighted by atomic mass is 35.5. The first-order chi connectivity index (χ1) is 12.1. The molecule has 1 heterocycles. The van der Waals surface area contributed by atoms with E-state index < -0.39 is 0 Å². The van der Waals surface area contributed by atoms with Crippen LogP contribution in [0.4, 0.5) is 15.8 Å². The molecule has 1 aromatic heterocycles. The molecule has 3 rings (SSSR count). The molecule has 2 N–H and O–H groups in total. The smallest absolute Gasteiger partial charge is 0.274 e. The summed E-state index contributed by atoms with van der Waals surface area (Å²) in [6, 6.07) is 16.7. The summed E-state index contributed by atoms with van der Waals surface area (Å²) in [7, 11) is 0. The summed E-state index contributed by atoms with van der Waals surface area (Å²) in [5.74, 6) is -0.610. The molecular weight excluding hydrogens is 341 g/mol. The molecule has 2 aromatic carbocycles. The van der Waals surface area contributed by atoms with Crippen LogP contribution in [-0.2, 0) is 6.54 Å². The van der Waals surface area contributed by atoms with Gasteiger partial charge in [-0.15, -0.1) is 0 Å². The van der Waals surface area contributed by atoms with Crippen LogP contribution in [-0.4, -0.2) is 10.9 Å². The summed E-state index contributed by atoms with van der Waals surface area (Å²) < 4.78 is 13.6. The van der Waals surface area contributed by atoms with Crippen LogP contribution >= 0.6 is 11.6 Å². The van der Waals surface area contributed by atoms with E-state index in [1.165, 1.54) is 12.3 Å². The largest absolute Gasteiger partial charge is 0.381 e. The number of hydrogen-bond acceptors (Lipinski definition) is 3. The molecule has 0 radical (unpaired) electrons. The maximum atomic E-state index is 13.6. The molecule has 0 aliphatic heterocycles. The normalized spacial score (nSPS) is 10.3. The van der Waals surface area contributed by atoms with Crippen LogP contribution in [0.3, 0.4) is 0 Å². The van der Waals surface area contributed by atoms with Crippen molar-refractivity contribution in [3.05, 3.63) is 89.0 Å². The number of anilines is 2. The molecule has 126 valence electrons. The van der Waals surface area contributed by atoms with Crippen molar-refractivity contribution in [3.8, 4) is 0 Å². The molecule has 0 saturated heterocycles. The Balaban J connectivity index is 1.67. The lowest BCUT2D eigenvalue weighted by molar-refractivity contribution is 0.102. The van der Waals surface area contributed by atoms with Crippen LogP contribution in [0.25, 0.3) is 0 Å². The molecule has 0 spiro atoms. The third kappa shape index (κ3) is 4.55. The Morgan fingerprint density at radius 3 is 2.56 bits per heavy atom. The van der Waals surface area contributed by atoms with Gasteiger partial charge in [-0.2, -0.15) is 0 Å². The maximum Gasteiger partial charge on any atom is 0.274 e. The number of halogens is 2. The topological polar surface area (TPSA) is 54.0 Å². The van der Waals surface area contributed by atoms with Gasteiger partial charge >= 0.3 is 0 Å². The zero-order valence-corrected chi connectivity index (χ0v) is 13.9. The SMILES string of the molecule is O=C(Nc1ccc(Cl)cc1)c1cc(NCc2ccccc2F)ccn1. The Hall–Kier alpha value is -2.92. The lowest BCUT2D eigenvalue weighted by Crippen LogP contribution is -2.14. The fraction of sp³-hybridized carbons (Fsp3) is 0.0526. The number of carbonyl (C=O) groups excluding carboxylic acids is 1. The molecule has 3 aromatic rings. The lowest BCUT2D eigenvalue weighted by atomic mass is 10.2. The van der Waals surface area contributed by atoms with Gasteiger partial charge in [0.05, 0.1) is 0 Å². The molecule has 0 saturated carbocycles. The van der Waals surface area contributed by atoms with Crippen molar-refractivity contribution in [2.24, 2.45) is 0 Å². The van der Waals surface area contributed by atoms with Gasteiger partial charge in [0.25, 0.3) is 5.91 Å². The predicted octanol–water partition coefficient (Wildman–Crippen LogP) is 4.74. The molecule has 0 fully saturated rings. The highest BCUT2D eigenvalue weighted by Crippen LogP contribution is 2.16. The van der Waals surface area contributed by atoms with Gasteiger partial charge in [0.1, 0.15) is 11.5 Å². The number of nitrogens with one attached hydrogen (secondary N) is 2. The highest BCUT2D eigenvalue weighted by molar-refractivity contribution is 6.30. The van der Waals surface area contributed by atoms with Crippen molar-refractivity contribution in [3.63, 3.8) is 0 Å². The second-order valence-electron chi connectivity index (χ2n) is 5.34. The van der Waals surface area contributed by atoms with Gasteiger partial charge in [-0.05, 0) is 42.5 Å². The highest BCUT2D eigenvalue weighted by Gasteiger charge is 2.09. The van der Waals surface area contributed by atoms with E-state index in [0.717, 1.165) is 0 Å². The number of hydrogen-bond donors (Lipinski definition) is 2. The fourth-order valence-corrected chi connectivity index (χ4v) is 2.36. The minimum Gasteiger partial charge on any atom is -0.381 e. The first kappa shape index (κ1) is 16.9. The van der Waals surface area contributed by atoms with Crippen molar-refractivity contribution in [1.82, 2.24) is 4.98 Å². The summed E-state index contributed by atoms with van der Waals surface area (Å²) >= 11 is 5.82. The van der Waals surface area contributed by atoms with Crippen molar-refractivity contribution in [2.45, 2.75) is 6.54 Å². The lowest BCUT2D eigenvalue weighted by Gasteiger charge is -2.09. The molecule has 0 atom stereocenters. The summed E-state index contributed by atoms with van der Waals surface area (Å²) in [5.41, 5.74) is 2.11. The Morgan fingerprint density at radius 1 is 1.04 bits per heavy atom. The number of rotatable bonds is 5. The predicted molar refractivity (Wildman–Crippen MR) is 97.4 cm³/mol. The summed E-state index contributed by atoms with van der Waals surface area (Å²) in [6.45, 7) is 0.314. The van der Waals surface area contributed by atoms with E-state index in [2.05, 4.69) is 15.6 Å². The molecular formula is C19H15ClFN3O. The molecule has 0 bridgehead atoms. The average Bonchev–Trinajstić information content (AvgIpc) is 2.63. The van der Waals surface area contributed by atoms with Crippen molar-refractivity contribution in [1.29, 1.82) is 0 Å². The second kappa shape index (κ2) is 7.77. The zero-order valence-electron chi connectivity index (χ0n) is 13.2. The molecule has 0 unspecified atom stereocenters.